The summed E-state index contributed by atoms with van der Waals surface area (Å²) < 4.78 is 55.2. The number of halogens is 5. The molecule has 12 heteroatoms. The van der Waals surface area contributed by atoms with Gasteiger partial charge < -0.3 is 10.2 Å². The molecular weight excluding hydrogens is 482 g/mol. The molecule has 2 aliphatic heterocycles. The molecule has 2 aromatic carbocycles. The second kappa shape index (κ2) is 8.71. The molecule has 7 nitrogen and oxygen atoms in total. The van der Waals surface area contributed by atoms with Gasteiger partial charge in [-0.15, -0.1) is 0 Å². The van der Waals surface area contributed by atoms with Crippen molar-refractivity contribution in [2.45, 2.75) is 37.6 Å². The number of hydrogen-bond acceptors (Lipinski definition) is 4. The average molecular weight is 498 g/mol. The van der Waals surface area contributed by atoms with Crippen LogP contribution in [0.1, 0.15) is 50.7 Å². The van der Waals surface area contributed by atoms with Gasteiger partial charge in [0.05, 0.1) is 0 Å². The maximum Gasteiger partial charge on any atom is 0.413 e. The van der Waals surface area contributed by atoms with Crippen molar-refractivity contribution >= 4 is 35.2 Å². The van der Waals surface area contributed by atoms with Gasteiger partial charge in [-0.2, -0.15) is 13.2 Å². The molecule has 1 saturated heterocycles. The number of carbonyl (C=O) groups is 4. The number of imide groups is 1. The molecule has 0 bridgehead atoms. The molecule has 0 aromatic heterocycles. The van der Waals surface area contributed by atoms with Crippen LogP contribution in [0.3, 0.4) is 0 Å². The van der Waals surface area contributed by atoms with Gasteiger partial charge in [-0.3, -0.25) is 24.5 Å². The number of nitrogens with one attached hydrogen (secondary N) is 2. The Hall–Kier alpha value is -3.47. The molecular formula is C22H16ClF4N3O4. The Bertz CT molecular complexity index is 1200. The summed E-state index contributed by atoms with van der Waals surface area (Å²) in [5.41, 5.74) is -0.593. The van der Waals surface area contributed by atoms with E-state index in [1.54, 1.807) is 5.32 Å². The Morgan fingerprint density at radius 1 is 1.18 bits per heavy atom. The quantitative estimate of drug-likeness (QED) is 0.500. The number of amides is 4. The van der Waals surface area contributed by atoms with Crippen LogP contribution in [0.2, 0.25) is 5.02 Å². The standard InChI is InChI=1S/C22H16ClF4N3O4/c23-13-2-1-3-14(24)17(13)18(22(25,26)27)29-19(32)10-4-5-12-11(8-10)9-30(21(12)34)15-6-7-16(31)28-20(15)33/h1-5,8,15,18H,6-7,9H2,(H,29,32)(H,28,31,33). The molecule has 2 aliphatic rings. The summed E-state index contributed by atoms with van der Waals surface area (Å²) in [5.74, 6) is -3.95. The van der Waals surface area contributed by atoms with E-state index in [4.69, 9.17) is 11.6 Å². The number of benzene rings is 2. The third-order valence-corrected chi connectivity index (χ3v) is 6.01. The number of rotatable bonds is 4. The van der Waals surface area contributed by atoms with Crippen LogP contribution in [0.15, 0.2) is 36.4 Å². The lowest BCUT2D eigenvalue weighted by molar-refractivity contribution is -0.155. The van der Waals surface area contributed by atoms with Crippen molar-refractivity contribution in [2.75, 3.05) is 0 Å². The highest BCUT2D eigenvalue weighted by molar-refractivity contribution is 6.31. The van der Waals surface area contributed by atoms with Gasteiger partial charge in [0.2, 0.25) is 11.8 Å². The molecule has 1 fully saturated rings. The van der Waals surface area contributed by atoms with Gasteiger partial charge in [0.1, 0.15) is 11.9 Å². The van der Waals surface area contributed by atoms with Gasteiger partial charge in [-0.1, -0.05) is 17.7 Å². The first-order valence-electron chi connectivity index (χ1n) is 10.1. The maximum atomic E-state index is 14.1. The Morgan fingerprint density at radius 2 is 1.91 bits per heavy atom. The van der Waals surface area contributed by atoms with Crippen LogP contribution in [0.5, 0.6) is 0 Å². The Morgan fingerprint density at radius 3 is 2.56 bits per heavy atom. The number of nitrogens with zero attached hydrogens (tertiary/aromatic N) is 1. The highest BCUT2D eigenvalue weighted by atomic mass is 35.5. The van der Waals surface area contributed by atoms with Crippen molar-refractivity contribution in [3.8, 4) is 0 Å². The lowest BCUT2D eigenvalue weighted by Crippen LogP contribution is -2.52. The van der Waals surface area contributed by atoms with E-state index in [1.165, 1.54) is 17.0 Å². The average Bonchev–Trinajstić information content (AvgIpc) is 3.07. The van der Waals surface area contributed by atoms with Gasteiger partial charge in [-0.25, -0.2) is 4.39 Å². The largest absolute Gasteiger partial charge is 0.413 e. The molecule has 2 aromatic rings. The SMILES string of the molecule is O=C1CCC(N2Cc3cc(C(=O)NC(c4c(F)cccc4Cl)C(F)(F)F)ccc3C2=O)C(=O)N1. The van der Waals surface area contributed by atoms with Crippen LogP contribution in [0.4, 0.5) is 17.6 Å². The third-order valence-electron chi connectivity index (χ3n) is 5.68. The van der Waals surface area contributed by atoms with Crippen LogP contribution in [0, 0.1) is 5.82 Å². The van der Waals surface area contributed by atoms with Gasteiger partial charge in [0, 0.05) is 34.7 Å². The van der Waals surface area contributed by atoms with Crippen molar-refractivity contribution in [1.82, 2.24) is 15.5 Å². The minimum absolute atomic E-state index is 0.0572. The van der Waals surface area contributed by atoms with E-state index < -0.39 is 58.3 Å². The second-order valence-electron chi connectivity index (χ2n) is 7.86. The molecule has 2 heterocycles. The molecule has 4 rings (SSSR count). The number of piperidine rings is 1. The van der Waals surface area contributed by atoms with Crippen molar-refractivity contribution in [3.05, 3.63) is 69.5 Å². The second-order valence-corrected chi connectivity index (χ2v) is 8.26. The first-order valence-corrected chi connectivity index (χ1v) is 10.4. The van der Waals surface area contributed by atoms with E-state index in [1.807, 2.05) is 0 Å². The summed E-state index contributed by atoms with van der Waals surface area (Å²) in [4.78, 5) is 50.1. The fourth-order valence-corrected chi connectivity index (χ4v) is 4.31. The lowest BCUT2D eigenvalue weighted by atomic mass is 10.0. The number of fused-ring (bicyclic) bond motifs is 1. The van der Waals surface area contributed by atoms with Crippen LogP contribution in [-0.4, -0.2) is 40.7 Å². The number of carbonyl (C=O) groups excluding carboxylic acids is 4. The maximum absolute atomic E-state index is 14.1. The zero-order valence-corrected chi connectivity index (χ0v) is 18.0. The van der Waals surface area contributed by atoms with Crippen molar-refractivity contribution in [1.29, 1.82) is 0 Å². The summed E-state index contributed by atoms with van der Waals surface area (Å²) in [6, 6.07) is 3.11. The fraction of sp³-hybridized carbons (Fsp3) is 0.273. The summed E-state index contributed by atoms with van der Waals surface area (Å²) in [6.07, 6.45) is -4.85. The minimum Gasteiger partial charge on any atom is -0.337 e. The van der Waals surface area contributed by atoms with E-state index in [9.17, 15) is 36.7 Å². The van der Waals surface area contributed by atoms with Gasteiger partial charge in [-0.05, 0) is 42.3 Å². The van der Waals surface area contributed by atoms with Crippen LogP contribution >= 0.6 is 11.6 Å². The van der Waals surface area contributed by atoms with E-state index in [2.05, 4.69) is 5.32 Å². The lowest BCUT2D eigenvalue weighted by Gasteiger charge is -2.29. The number of hydrogen-bond donors (Lipinski definition) is 2. The van der Waals surface area contributed by atoms with Gasteiger partial charge >= 0.3 is 6.18 Å². The normalized spacial score (nSPS) is 19.0. The predicted octanol–water partition coefficient (Wildman–Crippen LogP) is 3.27. The summed E-state index contributed by atoms with van der Waals surface area (Å²) in [5, 5.41) is 3.43. The van der Waals surface area contributed by atoms with Crippen molar-refractivity contribution in [2.24, 2.45) is 0 Å². The summed E-state index contributed by atoms with van der Waals surface area (Å²) in [6.45, 7) is -0.0661. The highest BCUT2D eigenvalue weighted by Crippen LogP contribution is 2.38. The van der Waals surface area contributed by atoms with Crippen molar-refractivity contribution in [3.63, 3.8) is 0 Å². The molecule has 178 valence electrons. The van der Waals surface area contributed by atoms with Crippen LogP contribution in [0.25, 0.3) is 0 Å². The monoisotopic (exact) mass is 497 g/mol. The zero-order valence-electron chi connectivity index (χ0n) is 17.2. The molecule has 2 atom stereocenters. The molecule has 0 spiro atoms. The highest BCUT2D eigenvalue weighted by Gasteiger charge is 2.45. The first kappa shape index (κ1) is 23.7. The summed E-state index contributed by atoms with van der Waals surface area (Å²) >= 11 is 5.78. The topological polar surface area (TPSA) is 95.6 Å². The van der Waals surface area contributed by atoms with Crippen molar-refractivity contribution < 1.29 is 36.7 Å². The molecule has 4 amide bonds. The zero-order chi connectivity index (χ0) is 24.8. The first-order chi connectivity index (χ1) is 16.0. The molecule has 2 N–H and O–H groups in total. The van der Waals surface area contributed by atoms with E-state index in [-0.39, 0.29) is 30.5 Å². The molecule has 34 heavy (non-hydrogen) atoms. The summed E-state index contributed by atoms with van der Waals surface area (Å²) in [7, 11) is 0. The molecule has 2 unspecified atom stereocenters. The van der Waals surface area contributed by atoms with E-state index in [0.29, 0.717) is 5.56 Å². The Kier molecular flexibility index (Phi) is 6.07. The smallest absolute Gasteiger partial charge is 0.337 e. The Labute approximate surface area is 195 Å². The van der Waals surface area contributed by atoms with E-state index >= 15 is 0 Å². The number of alkyl halides is 3. The third kappa shape index (κ3) is 4.35. The van der Waals surface area contributed by atoms with Crippen LogP contribution < -0.4 is 10.6 Å². The van der Waals surface area contributed by atoms with Crippen LogP contribution in [-0.2, 0) is 16.1 Å². The van der Waals surface area contributed by atoms with E-state index in [0.717, 1.165) is 24.3 Å². The Balaban J connectivity index is 1.58. The molecule has 0 radical (unpaired) electrons. The predicted molar refractivity (Wildman–Crippen MR) is 110 cm³/mol. The molecule has 0 aliphatic carbocycles. The fourth-order valence-electron chi connectivity index (χ4n) is 4.03. The molecule has 0 saturated carbocycles. The minimum atomic E-state index is -5.04. The van der Waals surface area contributed by atoms with Gasteiger partial charge in [0.25, 0.3) is 11.8 Å². The van der Waals surface area contributed by atoms with Gasteiger partial charge in [0.15, 0.2) is 6.04 Å².